The van der Waals surface area contributed by atoms with E-state index in [-0.39, 0.29) is 17.4 Å². The van der Waals surface area contributed by atoms with Crippen LogP contribution in [0.25, 0.3) is 0 Å². The van der Waals surface area contributed by atoms with E-state index < -0.39 is 9.84 Å². The van der Waals surface area contributed by atoms with Crippen molar-refractivity contribution in [2.75, 3.05) is 30.9 Å². The smallest absolute Gasteiger partial charge is 0.190 e. The first-order chi connectivity index (χ1) is 11.0. The quantitative estimate of drug-likeness (QED) is 0.746. The SMILES string of the molecule is CN1CCCC[C@H]1CCSc1nnc([C@@H]2CCS(=O)(=O)C2)n1C. The molecule has 0 aliphatic carbocycles. The van der Waals surface area contributed by atoms with Crippen molar-refractivity contribution in [1.82, 2.24) is 19.7 Å². The number of aromatic nitrogens is 3. The molecule has 0 radical (unpaired) electrons. The summed E-state index contributed by atoms with van der Waals surface area (Å²) in [6.45, 7) is 1.21. The summed E-state index contributed by atoms with van der Waals surface area (Å²) < 4.78 is 25.3. The van der Waals surface area contributed by atoms with E-state index in [4.69, 9.17) is 0 Å². The van der Waals surface area contributed by atoms with E-state index in [9.17, 15) is 8.42 Å². The van der Waals surface area contributed by atoms with E-state index in [2.05, 4.69) is 22.1 Å². The van der Waals surface area contributed by atoms with E-state index in [1.54, 1.807) is 11.8 Å². The summed E-state index contributed by atoms with van der Waals surface area (Å²) in [5.74, 6) is 2.36. The van der Waals surface area contributed by atoms with E-state index in [0.717, 1.165) is 16.7 Å². The van der Waals surface area contributed by atoms with Crippen LogP contribution in [-0.2, 0) is 16.9 Å². The Morgan fingerprint density at radius 3 is 2.74 bits per heavy atom. The second-order valence-corrected chi connectivity index (χ2v) is 10.1. The summed E-state index contributed by atoms with van der Waals surface area (Å²) in [4.78, 5) is 2.47. The Balaban J connectivity index is 1.55. The summed E-state index contributed by atoms with van der Waals surface area (Å²) in [7, 11) is 1.29. The second kappa shape index (κ2) is 7.11. The molecule has 8 heteroatoms. The van der Waals surface area contributed by atoms with Gasteiger partial charge < -0.3 is 9.47 Å². The van der Waals surface area contributed by atoms with Gasteiger partial charge in [-0.1, -0.05) is 18.2 Å². The van der Waals surface area contributed by atoms with Crippen LogP contribution in [0.5, 0.6) is 0 Å². The summed E-state index contributed by atoms with van der Waals surface area (Å²) in [5.41, 5.74) is 0. The minimum absolute atomic E-state index is 0.0105. The van der Waals surface area contributed by atoms with Crippen LogP contribution in [0.4, 0.5) is 0 Å². The largest absolute Gasteiger partial charge is 0.309 e. The third kappa shape index (κ3) is 4.09. The molecular weight excluding hydrogens is 332 g/mol. The maximum atomic E-state index is 11.6. The standard InChI is InChI=1S/C15H26N4O2S2/c1-18-8-4-3-5-13(18)6-9-22-15-17-16-14(19(15)2)12-7-10-23(20,21)11-12/h12-13H,3-11H2,1-2H3/t12-,13+/m1/s1. The van der Waals surface area contributed by atoms with Crippen molar-refractivity contribution in [2.45, 2.75) is 49.2 Å². The third-order valence-corrected chi connectivity index (χ3v) is 7.89. The van der Waals surface area contributed by atoms with Crippen LogP contribution in [0.3, 0.4) is 0 Å². The molecule has 0 unspecified atom stereocenters. The molecule has 1 aromatic heterocycles. The Bertz CT molecular complexity index is 644. The molecule has 6 nitrogen and oxygen atoms in total. The van der Waals surface area contributed by atoms with Crippen molar-refractivity contribution in [3.8, 4) is 0 Å². The molecule has 3 rings (SSSR count). The molecule has 2 aliphatic heterocycles. The van der Waals surface area contributed by atoms with Crippen LogP contribution in [0, 0.1) is 0 Å². The van der Waals surface area contributed by atoms with E-state index >= 15 is 0 Å². The summed E-state index contributed by atoms with van der Waals surface area (Å²) in [6, 6.07) is 0.684. The van der Waals surface area contributed by atoms with Crippen LogP contribution in [0.1, 0.15) is 43.8 Å². The van der Waals surface area contributed by atoms with E-state index in [0.29, 0.717) is 12.5 Å². The number of hydrogen-bond acceptors (Lipinski definition) is 6. The molecule has 0 bridgehead atoms. The molecule has 2 saturated heterocycles. The van der Waals surface area contributed by atoms with Crippen LogP contribution >= 0.6 is 11.8 Å². The molecule has 2 atom stereocenters. The lowest BCUT2D eigenvalue weighted by Gasteiger charge is -2.32. The average Bonchev–Trinajstić information content (AvgIpc) is 3.04. The van der Waals surface area contributed by atoms with Crippen LogP contribution in [0.15, 0.2) is 5.16 Å². The molecule has 130 valence electrons. The van der Waals surface area contributed by atoms with Crippen molar-refractivity contribution >= 4 is 21.6 Å². The molecule has 0 spiro atoms. The molecule has 2 aliphatic rings. The topological polar surface area (TPSA) is 68.1 Å². The fourth-order valence-corrected chi connectivity index (χ4v) is 6.30. The number of rotatable bonds is 5. The number of hydrogen-bond donors (Lipinski definition) is 0. The number of likely N-dealkylation sites (tertiary alicyclic amines) is 1. The van der Waals surface area contributed by atoms with E-state index in [1.807, 2.05) is 11.6 Å². The highest BCUT2D eigenvalue weighted by molar-refractivity contribution is 7.99. The molecule has 0 aromatic carbocycles. The van der Waals surface area contributed by atoms with Gasteiger partial charge in [0.05, 0.1) is 11.5 Å². The molecular formula is C15H26N4O2S2. The van der Waals surface area contributed by atoms with E-state index in [1.165, 1.54) is 32.2 Å². The maximum Gasteiger partial charge on any atom is 0.190 e. The Kier molecular flexibility index (Phi) is 5.32. The molecule has 0 N–H and O–H groups in total. The highest BCUT2D eigenvalue weighted by atomic mass is 32.2. The minimum atomic E-state index is -2.88. The number of sulfone groups is 1. The van der Waals surface area contributed by atoms with Gasteiger partial charge in [0.25, 0.3) is 0 Å². The van der Waals surface area contributed by atoms with Gasteiger partial charge in [-0.05, 0) is 39.3 Å². The number of piperidine rings is 1. The zero-order chi connectivity index (χ0) is 16.4. The fourth-order valence-electron chi connectivity index (χ4n) is 3.60. The first kappa shape index (κ1) is 17.2. The van der Waals surface area contributed by atoms with Crippen LogP contribution in [-0.4, -0.2) is 65.0 Å². The van der Waals surface area contributed by atoms with Crippen molar-refractivity contribution in [1.29, 1.82) is 0 Å². The van der Waals surface area contributed by atoms with Gasteiger partial charge in [-0.15, -0.1) is 10.2 Å². The zero-order valence-corrected chi connectivity index (χ0v) is 15.6. The lowest BCUT2D eigenvalue weighted by Crippen LogP contribution is -2.36. The Labute approximate surface area is 142 Å². The molecule has 0 saturated carbocycles. The third-order valence-electron chi connectivity index (χ3n) is 5.07. The van der Waals surface area contributed by atoms with Crippen molar-refractivity contribution < 1.29 is 8.42 Å². The number of thioether (sulfide) groups is 1. The van der Waals surface area contributed by atoms with Crippen molar-refractivity contribution in [2.24, 2.45) is 7.05 Å². The lowest BCUT2D eigenvalue weighted by molar-refractivity contribution is 0.182. The van der Waals surface area contributed by atoms with Crippen molar-refractivity contribution in [3.63, 3.8) is 0 Å². The second-order valence-electron chi connectivity index (χ2n) is 6.77. The highest BCUT2D eigenvalue weighted by Gasteiger charge is 2.32. The molecule has 1 aromatic rings. The monoisotopic (exact) mass is 358 g/mol. The highest BCUT2D eigenvalue weighted by Crippen LogP contribution is 2.30. The molecule has 2 fully saturated rings. The van der Waals surface area contributed by atoms with Crippen LogP contribution in [0.2, 0.25) is 0 Å². The van der Waals surface area contributed by atoms with Gasteiger partial charge in [0.15, 0.2) is 15.0 Å². The first-order valence-electron chi connectivity index (χ1n) is 8.39. The van der Waals surface area contributed by atoms with Gasteiger partial charge in [0.2, 0.25) is 0 Å². The van der Waals surface area contributed by atoms with Gasteiger partial charge in [0.1, 0.15) is 5.82 Å². The maximum absolute atomic E-state index is 11.6. The van der Waals surface area contributed by atoms with Gasteiger partial charge >= 0.3 is 0 Å². The predicted octanol–water partition coefficient (Wildman–Crippen LogP) is 1.68. The average molecular weight is 359 g/mol. The molecule has 0 amide bonds. The molecule has 23 heavy (non-hydrogen) atoms. The summed E-state index contributed by atoms with van der Waals surface area (Å²) >= 11 is 1.74. The van der Waals surface area contributed by atoms with Gasteiger partial charge in [-0.2, -0.15) is 0 Å². The van der Waals surface area contributed by atoms with Crippen LogP contribution < -0.4 is 0 Å². The zero-order valence-electron chi connectivity index (χ0n) is 13.9. The van der Waals surface area contributed by atoms with Gasteiger partial charge in [0, 0.05) is 24.8 Å². The minimum Gasteiger partial charge on any atom is -0.309 e. The predicted molar refractivity (Wildman–Crippen MR) is 92.6 cm³/mol. The Morgan fingerprint density at radius 1 is 1.22 bits per heavy atom. The first-order valence-corrected chi connectivity index (χ1v) is 11.2. The van der Waals surface area contributed by atoms with Gasteiger partial charge in [-0.25, -0.2) is 8.42 Å². The summed E-state index contributed by atoms with van der Waals surface area (Å²) in [5, 5.41) is 9.44. The summed E-state index contributed by atoms with van der Waals surface area (Å²) in [6.07, 6.45) is 5.79. The normalized spacial score (nSPS) is 28.3. The molecule has 3 heterocycles. The van der Waals surface area contributed by atoms with Crippen molar-refractivity contribution in [3.05, 3.63) is 5.82 Å². The number of nitrogens with zero attached hydrogens (tertiary/aromatic N) is 4. The Hall–Kier alpha value is -0.600. The fraction of sp³-hybridized carbons (Fsp3) is 0.867. The van der Waals surface area contributed by atoms with Gasteiger partial charge in [-0.3, -0.25) is 0 Å². The lowest BCUT2D eigenvalue weighted by atomic mass is 10.0. The Morgan fingerprint density at radius 2 is 2.04 bits per heavy atom.